The fourth-order valence-corrected chi connectivity index (χ4v) is 4.41. The van der Waals surface area contributed by atoms with Crippen molar-refractivity contribution in [2.75, 3.05) is 0 Å². The predicted octanol–water partition coefficient (Wildman–Crippen LogP) is 5.82. The molecule has 0 bridgehead atoms. The number of carbonyl (C=O) groups is 2. The SMILES string of the molecule is NC(=O)[C@H](Cc1ccc(OCc2ccccc2)c(OCc2ccccc2)c1)NC(=O)c1ccc2ccccc2c1. The van der Waals surface area contributed by atoms with Gasteiger partial charge in [-0.2, -0.15) is 0 Å². The molecule has 0 radical (unpaired) electrons. The summed E-state index contributed by atoms with van der Waals surface area (Å²) in [5.74, 6) is 0.143. The Morgan fingerprint density at radius 2 is 1.23 bits per heavy atom. The minimum Gasteiger partial charge on any atom is -0.485 e. The average Bonchev–Trinajstić information content (AvgIpc) is 2.99. The molecule has 0 heterocycles. The van der Waals surface area contributed by atoms with Crippen LogP contribution in [0.15, 0.2) is 121 Å². The molecule has 6 nitrogen and oxygen atoms in total. The Kier molecular flexibility index (Phi) is 8.37. The fraction of sp³-hybridized carbons (Fsp3) is 0.118. The fourth-order valence-electron chi connectivity index (χ4n) is 4.41. The first-order valence-corrected chi connectivity index (χ1v) is 13.1. The first-order valence-electron chi connectivity index (χ1n) is 13.1. The molecule has 1 atom stereocenters. The van der Waals surface area contributed by atoms with E-state index in [2.05, 4.69) is 5.32 Å². The molecule has 0 fully saturated rings. The Morgan fingerprint density at radius 1 is 0.625 bits per heavy atom. The zero-order valence-corrected chi connectivity index (χ0v) is 22.0. The third-order valence-corrected chi connectivity index (χ3v) is 6.58. The van der Waals surface area contributed by atoms with Crippen molar-refractivity contribution in [3.8, 4) is 11.5 Å². The van der Waals surface area contributed by atoms with Gasteiger partial charge in [0.25, 0.3) is 5.91 Å². The molecule has 0 aliphatic heterocycles. The Morgan fingerprint density at radius 3 is 1.88 bits per heavy atom. The number of rotatable bonds is 11. The molecule has 40 heavy (non-hydrogen) atoms. The third kappa shape index (κ3) is 6.85. The lowest BCUT2D eigenvalue weighted by Crippen LogP contribution is -2.45. The van der Waals surface area contributed by atoms with Gasteiger partial charge in [-0.25, -0.2) is 0 Å². The van der Waals surface area contributed by atoms with E-state index in [4.69, 9.17) is 15.2 Å². The second kappa shape index (κ2) is 12.6. The maximum Gasteiger partial charge on any atom is 0.251 e. The van der Waals surface area contributed by atoms with Crippen LogP contribution in [-0.4, -0.2) is 17.9 Å². The number of nitrogens with two attached hydrogens (primary N) is 1. The third-order valence-electron chi connectivity index (χ3n) is 6.58. The van der Waals surface area contributed by atoms with E-state index in [1.54, 1.807) is 12.1 Å². The highest BCUT2D eigenvalue weighted by molar-refractivity contribution is 6.00. The molecule has 0 saturated carbocycles. The molecule has 0 spiro atoms. The minimum atomic E-state index is -0.906. The van der Waals surface area contributed by atoms with Crippen molar-refractivity contribution in [1.82, 2.24) is 5.32 Å². The predicted molar refractivity (Wildman–Crippen MR) is 156 cm³/mol. The monoisotopic (exact) mass is 530 g/mol. The first-order chi connectivity index (χ1) is 19.5. The maximum absolute atomic E-state index is 13.0. The van der Waals surface area contributed by atoms with Gasteiger partial charge in [-0.15, -0.1) is 0 Å². The lowest BCUT2D eigenvalue weighted by molar-refractivity contribution is -0.119. The van der Waals surface area contributed by atoms with E-state index in [-0.39, 0.29) is 12.3 Å². The quantitative estimate of drug-likeness (QED) is 0.225. The number of fused-ring (bicyclic) bond motifs is 1. The van der Waals surface area contributed by atoms with Crippen LogP contribution in [0.3, 0.4) is 0 Å². The summed E-state index contributed by atoms with van der Waals surface area (Å²) in [6.45, 7) is 0.734. The lowest BCUT2D eigenvalue weighted by Gasteiger charge is -2.18. The van der Waals surface area contributed by atoms with E-state index in [1.165, 1.54) is 0 Å². The number of carbonyl (C=O) groups excluding carboxylic acids is 2. The van der Waals surface area contributed by atoms with E-state index in [9.17, 15) is 9.59 Å². The van der Waals surface area contributed by atoms with Crippen LogP contribution in [0.5, 0.6) is 11.5 Å². The molecule has 0 aromatic heterocycles. The summed E-state index contributed by atoms with van der Waals surface area (Å²) in [6, 6.07) is 37.5. The summed E-state index contributed by atoms with van der Waals surface area (Å²) in [6.07, 6.45) is 0.204. The highest BCUT2D eigenvalue weighted by Gasteiger charge is 2.21. The van der Waals surface area contributed by atoms with Crippen LogP contribution in [-0.2, 0) is 24.4 Å². The van der Waals surface area contributed by atoms with Gasteiger partial charge < -0.3 is 20.5 Å². The molecule has 5 aromatic rings. The zero-order valence-electron chi connectivity index (χ0n) is 22.0. The van der Waals surface area contributed by atoms with Crippen LogP contribution in [0.2, 0.25) is 0 Å². The second-order valence-electron chi connectivity index (χ2n) is 9.52. The van der Waals surface area contributed by atoms with Crippen molar-refractivity contribution in [2.24, 2.45) is 5.73 Å². The molecule has 6 heteroatoms. The van der Waals surface area contributed by atoms with Crippen LogP contribution in [0.1, 0.15) is 27.0 Å². The smallest absolute Gasteiger partial charge is 0.251 e. The maximum atomic E-state index is 13.0. The van der Waals surface area contributed by atoms with Crippen LogP contribution < -0.4 is 20.5 Å². The first kappa shape index (κ1) is 26.5. The Labute approximate surface area is 233 Å². The number of amides is 2. The molecule has 3 N–H and O–H groups in total. The Bertz CT molecular complexity index is 1600. The summed E-state index contributed by atoms with van der Waals surface area (Å²) in [5.41, 5.74) is 8.99. The molecule has 5 aromatic carbocycles. The van der Waals surface area contributed by atoms with E-state index < -0.39 is 11.9 Å². The minimum absolute atomic E-state index is 0.204. The molecule has 0 unspecified atom stereocenters. The second-order valence-corrected chi connectivity index (χ2v) is 9.52. The van der Waals surface area contributed by atoms with E-state index in [0.29, 0.717) is 30.3 Å². The van der Waals surface area contributed by atoms with Crippen LogP contribution >= 0.6 is 0 Å². The number of ether oxygens (including phenoxy) is 2. The van der Waals surface area contributed by atoms with Gasteiger partial charge in [0.15, 0.2) is 11.5 Å². The summed E-state index contributed by atoms with van der Waals surface area (Å²) in [7, 11) is 0. The van der Waals surface area contributed by atoms with Crippen molar-refractivity contribution in [2.45, 2.75) is 25.7 Å². The van der Waals surface area contributed by atoms with Gasteiger partial charge in [-0.1, -0.05) is 97.1 Å². The summed E-state index contributed by atoms with van der Waals surface area (Å²) >= 11 is 0. The van der Waals surface area contributed by atoms with Gasteiger partial charge in [0.1, 0.15) is 19.3 Å². The van der Waals surface area contributed by atoms with Gasteiger partial charge in [0.05, 0.1) is 0 Å². The zero-order chi connectivity index (χ0) is 27.7. The van der Waals surface area contributed by atoms with Crippen molar-refractivity contribution in [3.05, 3.63) is 144 Å². The van der Waals surface area contributed by atoms with E-state index in [0.717, 1.165) is 27.5 Å². The standard InChI is InChI=1S/C34H30N2O4/c35-33(37)30(36-34(38)29-17-16-27-13-7-8-14-28(27)21-29)19-26-15-18-31(39-22-24-9-3-1-4-10-24)32(20-26)40-23-25-11-5-2-6-12-25/h1-18,20-21,30H,19,22-23H2,(H2,35,37)(H,36,38)/t30-/m0/s1. The van der Waals surface area contributed by atoms with Gasteiger partial charge in [-0.3, -0.25) is 9.59 Å². The van der Waals surface area contributed by atoms with Crippen LogP contribution in [0, 0.1) is 0 Å². The molecule has 200 valence electrons. The van der Waals surface area contributed by atoms with Gasteiger partial charge in [0.2, 0.25) is 5.91 Å². The normalized spacial score (nSPS) is 11.5. The molecule has 2 amide bonds. The molecular weight excluding hydrogens is 500 g/mol. The number of primary amides is 1. The van der Waals surface area contributed by atoms with Crippen LogP contribution in [0.25, 0.3) is 10.8 Å². The Balaban J connectivity index is 1.33. The topological polar surface area (TPSA) is 90.7 Å². The van der Waals surface area contributed by atoms with Crippen molar-refractivity contribution in [1.29, 1.82) is 0 Å². The molecule has 0 saturated heterocycles. The highest BCUT2D eigenvalue weighted by atomic mass is 16.5. The van der Waals surface area contributed by atoms with Crippen molar-refractivity contribution < 1.29 is 19.1 Å². The summed E-state index contributed by atoms with van der Waals surface area (Å²) in [5, 5.41) is 4.77. The largest absolute Gasteiger partial charge is 0.485 e. The van der Waals surface area contributed by atoms with Crippen molar-refractivity contribution >= 4 is 22.6 Å². The van der Waals surface area contributed by atoms with Crippen LogP contribution in [0.4, 0.5) is 0 Å². The van der Waals surface area contributed by atoms with Gasteiger partial charge in [-0.05, 0) is 51.7 Å². The van der Waals surface area contributed by atoms with Gasteiger partial charge in [0, 0.05) is 12.0 Å². The lowest BCUT2D eigenvalue weighted by atomic mass is 10.0. The summed E-state index contributed by atoms with van der Waals surface area (Å²) < 4.78 is 12.2. The molecule has 5 rings (SSSR count). The van der Waals surface area contributed by atoms with E-state index in [1.807, 2.05) is 109 Å². The molecule has 0 aliphatic rings. The highest BCUT2D eigenvalue weighted by Crippen LogP contribution is 2.31. The number of hydrogen-bond acceptors (Lipinski definition) is 4. The molecule has 0 aliphatic carbocycles. The van der Waals surface area contributed by atoms with Gasteiger partial charge >= 0.3 is 0 Å². The van der Waals surface area contributed by atoms with Crippen molar-refractivity contribution in [3.63, 3.8) is 0 Å². The number of nitrogens with one attached hydrogen (secondary N) is 1. The average molecular weight is 531 g/mol. The number of benzene rings is 5. The summed E-state index contributed by atoms with van der Waals surface area (Å²) in [4.78, 5) is 25.4. The van der Waals surface area contributed by atoms with E-state index >= 15 is 0 Å². The number of hydrogen-bond donors (Lipinski definition) is 2. The molecular formula is C34H30N2O4. The Hall–Kier alpha value is -5.10.